The molecule has 0 heterocycles. The SMILES string of the molecule is CCc1c(C(=O)OC)cccc1-c1ccccc1OC(F)(F)F. The summed E-state index contributed by atoms with van der Waals surface area (Å²) in [6, 6.07) is 10.7. The Morgan fingerprint density at radius 3 is 2.30 bits per heavy atom. The maximum atomic E-state index is 12.6. The normalized spacial score (nSPS) is 11.2. The van der Waals surface area contributed by atoms with E-state index in [1.165, 1.54) is 25.3 Å². The third-order valence-corrected chi connectivity index (χ3v) is 3.34. The number of ether oxygens (including phenoxy) is 2. The van der Waals surface area contributed by atoms with Gasteiger partial charge in [-0.05, 0) is 29.7 Å². The van der Waals surface area contributed by atoms with Gasteiger partial charge in [0.2, 0.25) is 0 Å². The van der Waals surface area contributed by atoms with Crippen molar-refractivity contribution in [2.45, 2.75) is 19.7 Å². The number of rotatable bonds is 4. The zero-order valence-electron chi connectivity index (χ0n) is 12.6. The summed E-state index contributed by atoms with van der Waals surface area (Å²) in [6.45, 7) is 1.82. The van der Waals surface area contributed by atoms with Gasteiger partial charge in [0.25, 0.3) is 0 Å². The van der Waals surface area contributed by atoms with E-state index in [2.05, 4.69) is 4.74 Å². The van der Waals surface area contributed by atoms with Gasteiger partial charge in [0.15, 0.2) is 0 Å². The first kappa shape index (κ1) is 16.9. The molecule has 0 aliphatic carbocycles. The van der Waals surface area contributed by atoms with Crippen LogP contribution in [0.1, 0.15) is 22.8 Å². The van der Waals surface area contributed by atoms with Crippen LogP contribution in [0.15, 0.2) is 42.5 Å². The number of carbonyl (C=O) groups is 1. The van der Waals surface area contributed by atoms with Gasteiger partial charge in [0.1, 0.15) is 5.75 Å². The van der Waals surface area contributed by atoms with Gasteiger partial charge in [-0.1, -0.05) is 37.3 Å². The van der Waals surface area contributed by atoms with Crippen LogP contribution in [0.25, 0.3) is 11.1 Å². The Morgan fingerprint density at radius 2 is 1.70 bits per heavy atom. The van der Waals surface area contributed by atoms with Crippen LogP contribution in [0.5, 0.6) is 5.75 Å². The predicted molar refractivity (Wildman–Crippen MR) is 79.3 cm³/mol. The van der Waals surface area contributed by atoms with Crippen molar-refractivity contribution >= 4 is 5.97 Å². The molecule has 2 aromatic carbocycles. The molecule has 0 aliphatic rings. The quantitative estimate of drug-likeness (QED) is 0.771. The lowest BCUT2D eigenvalue weighted by Gasteiger charge is -2.17. The van der Waals surface area contributed by atoms with Crippen molar-refractivity contribution < 1.29 is 27.4 Å². The zero-order chi connectivity index (χ0) is 17.0. The fourth-order valence-corrected chi connectivity index (χ4v) is 2.42. The number of hydrogen-bond acceptors (Lipinski definition) is 3. The van der Waals surface area contributed by atoms with E-state index in [0.717, 1.165) is 0 Å². The van der Waals surface area contributed by atoms with E-state index in [0.29, 0.717) is 23.1 Å². The Hall–Kier alpha value is -2.50. The molecule has 0 atom stereocenters. The van der Waals surface area contributed by atoms with Crippen LogP contribution in [-0.4, -0.2) is 19.4 Å². The Kier molecular flexibility index (Phi) is 4.93. The first-order valence-electron chi connectivity index (χ1n) is 6.92. The molecule has 3 nitrogen and oxygen atoms in total. The lowest BCUT2D eigenvalue weighted by atomic mass is 9.93. The lowest BCUT2D eigenvalue weighted by Crippen LogP contribution is -2.17. The van der Waals surface area contributed by atoms with Crippen LogP contribution >= 0.6 is 0 Å². The molecule has 6 heteroatoms. The van der Waals surface area contributed by atoms with Crippen LogP contribution in [-0.2, 0) is 11.2 Å². The summed E-state index contributed by atoms with van der Waals surface area (Å²) in [4.78, 5) is 11.9. The molecule has 0 saturated heterocycles. The molecule has 2 rings (SSSR count). The Labute approximate surface area is 131 Å². The molecular weight excluding hydrogens is 309 g/mol. The number of hydrogen-bond donors (Lipinski definition) is 0. The standard InChI is InChI=1S/C17H15F3O3/c1-3-11-12(8-6-9-14(11)16(21)22-2)13-7-4-5-10-15(13)23-17(18,19)20/h4-10H,3H2,1-2H3. The fraction of sp³-hybridized carbons (Fsp3) is 0.235. The van der Waals surface area contributed by atoms with Gasteiger partial charge < -0.3 is 9.47 Å². The van der Waals surface area contributed by atoms with Crippen molar-refractivity contribution in [1.29, 1.82) is 0 Å². The van der Waals surface area contributed by atoms with Crippen LogP contribution in [0.3, 0.4) is 0 Å². The number of para-hydroxylation sites is 1. The molecule has 0 aliphatic heterocycles. The molecule has 0 saturated carbocycles. The number of halogens is 3. The maximum Gasteiger partial charge on any atom is 0.573 e. The highest BCUT2D eigenvalue weighted by atomic mass is 19.4. The third-order valence-electron chi connectivity index (χ3n) is 3.34. The topological polar surface area (TPSA) is 35.5 Å². The summed E-state index contributed by atoms with van der Waals surface area (Å²) in [7, 11) is 1.26. The van der Waals surface area contributed by atoms with E-state index in [-0.39, 0.29) is 11.3 Å². The van der Waals surface area contributed by atoms with Crippen molar-refractivity contribution in [2.75, 3.05) is 7.11 Å². The first-order chi connectivity index (χ1) is 10.9. The molecule has 0 bridgehead atoms. The molecule has 0 fully saturated rings. The van der Waals surface area contributed by atoms with Crippen LogP contribution in [0.4, 0.5) is 13.2 Å². The average molecular weight is 324 g/mol. The van der Waals surface area contributed by atoms with E-state index < -0.39 is 12.3 Å². The molecule has 23 heavy (non-hydrogen) atoms. The van der Waals surface area contributed by atoms with Crippen molar-refractivity contribution in [3.63, 3.8) is 0 Å². The molecule has 0 spiro atoms. The summed E-state index contributed by atoms with van der Waals surface area (Å²) in [5, 5.41) is 0. The van der Waals surface area contributed by atoms with Crippen LogP contribution in [0, 0.1) is 0 Å². The minimum Gasteiger partial charge on any atom is -0.465 e. The number of methoxy groups -OCH3 is 1. The summed E-state index contributed by atoms with van der Waals surface area (Å²) < 4.78 is 46.6. The fourth-order valence-electron chi connectivity index (χ4n) is 2.42. The second-order valence-corrected chi connectivity index (χ2v) is 4.72. The second-order valence-electron chi connectivity index (χ2n) is 4.72. The Bertz CT molecular complexity index is 708. The highest BCUT2D eigenvalue weighted by Gasteiger charge is 2.32. The monoisotopic (exact) mass is 324 g/mol. The van der Waals surface area contributed by atoms with Gasteiger partial charge >= 0.3 is 12.3 Å². The summed E-state index contributed by atoms with van der Waals surface area (Å²) >= 11 is 0. The van der Waals surface area contributed by atoms with Gasteiger partial charge in [0, 0.05) is 5.56 Å². The summed E-state index contributed by atoms with van der Waals surface area (Å²) in [6.07, 6.45) is -4.33. The minimum atomic E-state index is -4.79. The number of carbonyl (C=O) groups excluding carboxylic acids is 1. The highest BCUT2D eigenvalue weighted by Crippen LogP contribution is 2.36. The molecule has 0 N–H and O–H groups in total. The second kappa shape index (κ2) is 6.73. The Morgan fingerprint density at radius 1 is 1.04 bits per heavy atom. The minimum absolute atomic E-state index is 0.271. The molecule has 122 valence electrons. The number of benzene rings is 2. The van der Waals surface area contributed by atoms with E-state index >= 15 is 0 Å². The van der Waals surface area contributed by atoms with Gasteiger partial charge in [-0.15, -0.1) is 13.2 Å². The highest BCUT2D eigenvalue weighted by molar-refractivity contribution is 5.94. The molecule has 0 unspecified atom stereocenters. The van der Waals surface area contributed by atoms with Gasteiger partial charge in [0.05, 0.1) is 12.7 Å². The van der Waals surface area contributed by atoms with E-state index in [4.69, 9.17) is 4.74 Å². The van der Waals surface area contributed by atoms with E-state index in [1.54, 1.807) is 24.3 Å². The maximum absolute atomic E-state index is 12.6. The summed E-state index contributed by atoms with van der Waals surface area (Å²) in [5.74, 6) is -0.838. The number of alkyl halides is 3. The van der Waals surface area contributed by atoms with Crippen LogP contribution < -0.4 is 4.74 Å². The summed E-state index contributed by atoms with van der Waals surface area (Å²) in [5.41, 5.74) is 1.72. The van der Waals surface area contributed by atoms with E-state index in [9.17, 15) is 18.0 Å². The molecule has 2 aromatic rings. The molecule has 0 amide bonds. The third kappa shape index (κ3) is 3.83. The average Bonchev–Trinajstić information content (AvgIpc) is 2.52. The van der Waals surface area contributed by atoms with Gasteiger partial charge in [-0.2, -0.15) is 0 Å². The van der Waals surface area contributed by atoms with Crippen molar-refractivity contribution in [1.82, 2.24) is 0 Å². The molecular formula is C17H15F3O3. The van der Waals surface area contributed by atoms with Crippen molar-refractivity contribution in [3.05, 3.63) is 53.6 Å². The largest absolute Gasteiger partial charge is 0.573 e. The molecule has 0 radical (unpaired) electrons. The Balaban J connectivity index is 2.61. The molecule has 0 aromatic heterocycles. The number of esters is 1. The van der Waals surface area contributed by atoms with Crippen molar-refractivity contribution in [2.24, 2.45) is 0 Å². The van der Waals surface area contributed by atoms with E-state index in [1.807, 2.05) is 6.92 Å². The lowest BCUT2D eigenvalue weighted by molar-refractivity contribution is -0.274. The zero-order valence-corrected chi connectivity index (χ0v) is 12.6. The van der Waals surface area contributed by atoms with Gasteiger partial charge in [-0.25, -0.2) is 4.79 Å². The van der Waals surface area contributed by atoms with Gasteiger partial charge in [-0.3, -0.25) is 0 Å². The predicted octanol–water partition coefficient (Wildman–Crippen LogP) is 4.60. The smallest absolute Gasteiger partial charge is 0.465 e. The first-order valence-corrected chi connectivity index (χ1v) is 6.92. The van der Waals surface area contributed by atoms with Crippen molar-refractivity contribution in [3.8, 4) is 16.9 Å². The van der Waals surface area contributed by atoms with Crippen LogP contribution in [0.2, 0.25) is 0 Å².